The van der Waals surface area contributed by atoms with Gasteiger partial charge in [0.05, 0.1) is 5.52 Å². The van der Waals surface area contributed by atoms with Crippen molar-refractivity contribution in [2.24, 2.45) is 0 Å². The van der Waals surface area contributed by atoms with Crippen LogP contribution in [-0.2, 0) is 0 Å². The maximum absolute atomic E-state index is 10.6. The lowest BCUT2D eigenvalue weighted by molar-refractivity contribution is 0.112. The first-order valence-corrected chi connectivity index (χ1v) is 6.61. The molecular formula is C15H10N2OS. The number of aromatic nitrogens is 2. The minimum atomic E-state index is 0.678. The number of aldehydes is 1. The average molecular weight is 266 g/mol. The first-order valence-electron chi connectivity index (χ1n) is 5.79. The molecule has 0 unspecified atom stereocenters. The molecule has 3 nitrogen and oxygen atoms in total. The summed E-state index contributed by atoms with van der Waals surface area (Å²) in [6.07, 6.45) is 2.42. The van der Waals surface area contributed by atoms with Crippen molar-refractivity contribution in [1.82, 2.24) is 9.97 Å². The number of hydrogen-bond acceptors (Lipinski definition) is 4. The van der Waals surface area contributed by atoms with Gasteiger partial charge in [-0.1, -0.05) is 42.1 Å². The van der Waals surface area contributed by atoms with E-state index in [9.17, 15) is 4.79 Å². The summed E-state index contributed by atoms with van der Waals surface area (Å²) in [5.41, 5.74) is 1.61. The van der Waals surface area contributed by atoms with Crippen molar-refractivity contribution in [2.45, 2.75) is 9.92 Å². The van der Waals surface area contributed by atoms with Gasteiger partial charge in [-0.05, 0) is 18.2 Å². The Morgan fingerprint density at radius 3 is 2.53 bits per heavy atom. The van der Waals surface area contributed by atoms with Gasteiger partial charge in [0.2, 0.25) is 0 Å². The summed E-state index contributed by atoms with van der Waals surface area (Å²) < 4.78 is 0. The molecule has 0 aliphatic rings. The quantitative estimate of drug-likeness (QED) is 0.536. The zero-order chi connectivity index (χ0) is 13.1. The van der Waals surface area contributed by atoms with Crippen LogP contribution in [0.1, 0.15) is 10.4 Å². The van der Waals surface area contributed by atoms with Crippen LogP contribution in [0.4, 0.5) is 0 Å². The van der Waals surface area contributed by atoms with Gasteiger partial charge in [-0.25, -0.2) is 9.97 Å². The molecule has 2 aromatic carbocycles. The zero-order valence-corrected chi connectivity index (χ0v) is 10.8. The van der Waals surface area contributed by atoms with Gasteiger partial charge in [0.15, 0.2) is 0 Å². The van der Waals surface area contributed by atoms with Gasteiger partial charge >= 0.3 is 0 Å². The first kappa shape index (κ1) is 11.9. The molecule has 0 fully saturated rings. The number of nitrogens with zero attached hydrogens (tertiary/aromatic N) is 2. The smallest absolute Gasteiger partial charge is 0.150 e. The van der Waals surface area contributed by atoms with Gasteiger partial charge in [0.1, 0.15) is 17.6 Å². The molecule has 0 aliphatic carbocycles. The Balaban J connectivity index is 1.98. The van der Waals surface area contributed by atoms with Crippen molar-refractivity contribution in [3.8, 4) is 0 Å². The Morgan fingerprint density at radius 2 is 1.74 bits per heavy atom. The van der Waals surface area contributed by atoms with Crippen LogP contribution in [0, 0.1) is 0 Å². The Bertz CT molecular complexity index is 720. The number of fused-ring (bicyclic) bond motifs is 1. The van der Waals surface area contributed by atoms with E-state index >= 15 is 0 Å². The van der Waals surface area contributed by atoms with E-state index in [1.54, 1.807) is 30.2 Å². The van der Waals surface area contributed by atoms with Gasteiger partial charge in [-0.2, -0.15) is 0 Å². The van der Waals surface area contributed by atoms with E-state index < -0.39 is 0 Å². The fraction of sp³-hybridized carbons (Fsp3) is 0. The van der Waals surface area contributed by atoms with Crippen LogP contribution in [0.5, 0.6) is 0 Å². The minimum absolute atomic E-state index is 0.678. The lowest BCUT2D eigenvalue weighted by Crippen LogP contribution is -1.86. The van der Waals surface area contributed by atoms with E-state index in [-0.39, 0.29) is 0 Å². The molecule has 0 atom stereocenters. The summed E-state index contributed by atoms with van der Waals surface area (Å²) in [7, 11) is 0. The Hall–Kier alpha value is -2.20. The first-order chi connectivity index (χ1) is 9.36. The lowest BCUT2D eigenvalue weighted by atomic mass is 10.2. The SMILES string of the molecule is O=Cc1ccc(Sc2ncnc3ccccc23)cc1. The van der Waals surface area contributed by atoms with E-state index in [0.717, 1.165) is 27.1 Å². The third kappa shape index (κ3) is 2.48. The Morgan fingerprint density at radius 1 is 0.947 bits per heavy atom. The van der Waals surface area contributed by atoms with Crippen LogP contribution in [0.15, 0.2) is 64.8 Å². The van der Waals surface area contributed by atoms with Gasteiger partial charge in [-0.3, -0.25) is 4.79 Å². The highest BCUT2D eigenvalue weighted by molar-refractivity contribution is 7.99. The molecule has 3 aromatic rings. The molecule has 1 aromatic heterocycles. The number of rotatable bonds is 3. The molecule has 19 heavy (non-hydrogen) atoms. The average Bonchev–Trinajstić information content (AvgIpc) is 2.48. The summed E-state index contributed by atoms with van der Waals surface area (Å²) in [4.78, 5) is 20.2. The van der Waals surface area contributed by atoms with Gasteiger partial charge < -0.3 is 0 Å². The van der Waals surface area contributed by atoms with Gasteiger partial charge in [-0.15, -0.1) is 0 Å². The standard InChI is InChI=1S/C15H10N2OS/c18-9-11-5-7-12(8-6-11)19-15-13-3-1-2-4-14(13)16-10-17-15/h1-10H. The topological polar surface area (TPSA) is 42.9 Å². The third-order valence-electron chi connectivity index (χ3n) is 2.74. The highest BCUT2D eigenvalue weighted by Crippen LogP contribution is 2.30. The molecule has 0 saturated carbocycles. The van der Waals surface area contributed by atoms with Crippen molar-refractivity contribution >= 4 is 29.0 Å². The van der Waals surface area contributed by atoms with Crippen LogP contribution < -0.4 is 0 Å². The lowest BCUT2D eigenvalue weighted by Gasteiger charge is -2.04. The fourth-order valence-corrected chi connectivity index (χ4v) is 2.67. The molecule has 92 valence electrons. The predicted molar refractivity (Wildman–Crippen MR) is 75.5 cm³/mol. The predicted octanol–water partition coefficient (Wildman–Crippen LogP) is 3.59. The number of benzene rings is 2. The minimum Gasteiger partial charge on any atom is -0.298 e. The normalized spacial score (nSPS) is 10.5. The molecule has 0 saturated heterocycles. The highest BCUT2D eigenvalue weighted by atomic mass is 32.2. The molecular weight excluding hydrogens is 256 g/mol. The van der Waals surface area contributed by atoms with E-state index in [1.807, 2.05) is 36.4 Å². The van der Waals surface area contributed by atoms with Crippen LogP contribution in [-0.4, -0.2) is 16.3 Å². The number of carbonyl (C=O) groups is 1. The van der Waals surface area contributed by atoms with Crippen LogP contribution in [0.3, 0.4) is 0 Å². The molecule has 1 heterocycles. The van der Waals surface area contributed by atoms with E-state index in [2.05, 4.69) is 9.97 Å². The van der Waals surface area contributed by atoms with Crippen molar-refractivity contribution in [3.63, 3.8) is 0 Å². The summed E-state index contributed by atoms with van der Waals surface area (Å²) in [6, 6.07) is 15.4. The second kappa shape index (κ2) is 5.20. The molecule has 0 amide bonds. The summed E-state index contributed by atoms with van der Waals surface area (Å²) in [6.45, 7) is 0. The van der Waals surface area contributed by atoms with Crippen LogP contribution >= 0.6 is 11.8 Å². The van der Waals surface area contributed by atoms with E-state index in [0.29, 0.717) is 5.56 Å². The molecule has 0 spiro atoms. The molecule has 0 N–H and O–H groups in total. The monoisotopic (exact) mass is 266 g/mol. The third-order valence-corrected chi connectivity index (χ3v) is 3.76. The Labute approximate surface area is 114 Å². The largest absolute Gasteiger partial charge is 0.298 e. The van der Waals surface area contributed by atoms with Crippen LogP contribution in [0.25, 0.3) is 10.9 Å². The van der Waals surface area contributed by atoms with E-state index in [4.69, 9.17) is 0 Å². The Kier molecular flexibility index (Phi) is 3.25. The summed E-state index contributed by atoms with van der Waals surface area (Å²) >= 11 is 1.57. The maximum Gasteiger partial charge on any atom is 0.150 e. The second-order valence-electron chi connectivity index (χ2n) is 3.98. The molecule has 0 radical (unpaired) electrons. The maximum atomic E-state index is 10.6. The van der Waals surface area contributed by atoms with Crippen molar-refractivity contribution in [3.05, 3.63) is 60.4 Å². The second-order valence-corrected chi connectivity index (χ2v) is 5.05. The van der Waals surface area contributed by atoms with Crippen molar-refractivity contribution in [1.29, 1.82) is 0 Å². The molecule has 0 aliphatic heterocycles. The van der Waals surface area contributed by atoms with Crippen LogP contribution in [0.2, 0.25) is 0 Å². The molecule has 3 rings (SSSR count). The molecule has 4 heteroatoms. The van der Waals surface area contributed by atoms with Gasteiger partial charge in [0.25, 0.3) is 0 Å². The number of hydrogen-bond donors (Lipinski definition) is 0. The van der Waals surface area contributed by atoms with Crippen molar-refractivity contribution in [2.75, 3.05) is 0 Å². The van der Waals surface area contributed by atoms with Crippen molar-refractivity contribution < 1.29 is 4.79 Å². The van der Waals surface area contributed by atoms with E-state index in [1.165, 1.54) is 0 Å². The zero-order valence-electron chi connectivity index (χ0n) is 9.98. The summed E-state index contributed by atoms with van der Waals surface area (Å²) in [5, 5.41) is 1.96. The number of carbonyl (C=O) groups excluding carboxylic acids is 1. The number of para-hydroxylation sites is 1. The summed E-state index contributed by atoms with van der Waals surface area (Å²) in [5.74, 6) is 0. The molecule has 0 bridgehead atoms. The highest BCUT2D eigenvalue weighted by Gasteiger charge is 2.05. The van der Waals surface area contributed by atoms with Gasteiger partial charge in [0, 0.05) is 15.8 Å². The fourth-order valence-electron chi connectivity index (χ4n) is 1.79.